The molecule has 1 amide bonds. The van der Waals surface area contributed by atoms with E-state index >= 15 is 0 Å². The van der Waals surface area contributed by atoms with Crippen LogP contribution in [0.1, 0.15) is 29.3 Å². The third kappa shape index (κ3) is 4.96. The van der Waals surface area contributed by atoms with Gasteiger partial charge in [-0.3, -0.25) is 9.59 Å². The number of nitrogens with zero attached hydrogens (tertiary/aromatic N) is 3. The molecule has 1 aliphatic rings. The minimum Gasteiger partial charge on any atom is -0.375 e. The van der Waals surface area contributed by atoms with Gasteiger partial charge in [0.25, 0.3) is 17.9 Å². The average Bonchev–Trinajstić information content (AvgIpc) is 2.81. The number of carbonyl (C=O) groups excluding carboxylic acids is 1. The maximum Gasteiger partial charge on any atom is 0.264 e. The Hall–Kier alpha value is -3.66. The minimum atomic E-state index is -3.01. The Kier molecular flexibility index (Phi) is 6.69. The summed E-state index contributed by atoms with van der Waals surface area (Å²) in [5.41, 5.74) is -0.961. The summed E-state index contributed by atoms with van der Waals surface area (Å²) >= 11 is 0. The number of benzene rings is 1. The Labute approximate surface area is 193 Å². The number of morpholine rings is 1. The quantitative estimate of drug-likeness (QED) is 0.608. The van der Waals surface area contributed by atoms with Gasteiger partial charge < -0.3 is 19.5 Å². The first kappa shape index (κ1) is 23.5. The van der Waals surface area contributed by atoms with E-state index in [1.807, 2.05) is 17.9 Å². The average molecular weight is 472 g/mol. The number of carbonyl (C=O) groups is 1. The van der Waals surface area contributed by atoms with Crippen LogP contribution < -0.4 is 15.8 Å². The van der Waals surface area contributed by atoms with Crippen molar-refractivity contribution in [1.82, 2.24) is 9.55 Å². The maximum absolute atomic E-state index is 14.7. The highest BCUT2D eigenvalue weighted by Gasteiger charge is 2.22. The number of amides is 1. The van der Waals surface area contributed by atoms with Crippen molar-refractivity contribution >= 4 is 17.4 Å². The van der Waals surface area contributed by atoms with Gasteiger partial charge >= 0.3 is 0 Å². The molecule has 1 atom stereocenters. The monoisotopic (exact) mass is 472 g/mol. The number of hydrogen-bond acceptors (Lipinski definition) is 5. The van der Waals surface area contributed by atoms with Crippen LogP contribution in [0, 0.1) is 5.82 Å². The van der Waals surface area contributed by atoms with Crippen molar-refractivity contribution in [2.45, 2.75) is 19.5 Å². The summed E-state index contributed by atoms with van der Waals surface area (Å²) < 4.78 is 48.1. The van der Waals surface area contributed by atoms with Gasteiger partial charge in [-0.2, -0.15) is 0 Å². The molecule has 1 aromatic carbocycles. The van der Waals surface area contributed by atoms with Crippen molar-refractivity contribution in [3.8, 4) is 11.3 Å². The summed E-state index contributed by atoms with van der Waals surface area (Å²) in [6, 6.07) is 9.87. The highest BCUT2D eigenvalue weighted by molar-refractivity contribution is 6.05. The zero-order valence-electron chi connectivity index (χ0n) is 18.6. The lowest BCUT2D eigenvalue weighted by Crippen LogP contribution is -2.41. The van der Waals surface area contributed by atoms with Crippen molar-refractivity contribution in [3.63, 3.8) is 0 Å². The van der Waals surface area contributed by atoms with Crippen LogP contribution in [0.2, 0.25) is 0 Å². The first-order valence-corrected chi connectivity index (χ1v) is 10.7. The van der Waals surface area contributed by atoms with Crippen LogP contribution in [0.3, 0.4) is 0 Å². The molecule has 0 unspecified atom stereocenters. The number of pyridine rings is 2. The molecule has 1 aliphatic heterocycles. The molecule has 1 saturated heterocycles. The van der Waals surface area contributed by atoms with E-state index in [1.165, 1.54) is 25.2 Å². The van der Waals surface area contributed by atoms with Gasteiger partial charge in [0.2, 0.25) is 0 Å². The fourth-order valence-electron chi connectivity index (χ4n) is 3.79. The molecule has 3 heterocycles. The van der Waals surface area contributed by atoms with Crippen LogP contribution >= 0.6 is 0 Å². The van der Waals surface area contributed by atoms with Gasteiger partial charge in [-0.05, 0) is 37.3 Å². The van der Waals surface area contributed by atoms with E-state index < -0.39 is 29.3 Å². The molecule has 3 aromatic rings. The summed E-state index contributed by atoms with van der Waals surface area (Å²) in [7, 11) is 1.36. The van der Waals surface area contributed by atoms with Crippen LogP contribution in [0.25, 0.3) is 11.3 Å². The molecule has 0 bridgehead atoms. The van der Waals surface area contributed by atoms with Gasteiger partial charge in [-0.25, -0.2) is 18.2 Å². The van der Waals surface area contributed by atoms with Crippen molar-refractivity contribution in [2.24, 2.45) is 7.05 Å². The lowest BCUT2D eigenvalue weighted by atomic mass is 10.1. The molecular weight excluding hydrogens is 449 g/mol. The van der Waals surface area contributed by atoms with Gasteiger partial charge in [-0.1, -0.05) is 6.07 Å². The second-order valence-corrected chi connectivity index (χ2v) is 8.05. The van der Waals surface area contributed by atoms with Gasteiger partial charge in [0.1, 0.15) is 11.6 Å². The Morgan fingerprint density at radius 1 is 1.24 bits per heavy atom. The lowest BCUT2D eigenvalue weighted by molar-refractivity contribution is 0.0529. The number of halogens is 3. The summed E-state index contributed by atoms with van der Waals surface area (Å²) in [5, 5.41) is 2.51. The van der Waals surface area contributed by atoms with Crippen molar-refractivity contribution in [1.29, 1.82) is 0 Å². The van der Waals surface area contributed by atoms with E-state index in [2.05, 4.69) is 10.3 Å². The number of ether oxygens (including phenoxy) is 1. The van der Waals surface area contributed by atoms with Crippen molar-refractivity contribution in [3.05, 3.63) is 76.0 Å². The molecule has 0 spiro atoms. The highest BCUT2D eigenvalue weighted by Crippen LogP contribution is 2.28. The normalized spacial score (nSPS) is 16.1. The Bertz CT molecular complexity index is 1280. The van der Waals surface area contributed by atoms with E-state index in [1.54, 1.807) is 12.1 Å². The van der Waals surface area contributed by atoms with Crippen LogP contribution in [-0.4, -0.2) is 41.3 Å². The maximum atomic E-state index is 14.7. The number of nitrogens with one attached hydrogen (secondary N) is 1. The highest BCUT2D eigenvalue weighted by atomic mass is 19.3. The predicted octanol–water partition coefficient (Wildman–Crippen LogP) is 4.00. The third-order valence-corrected chi connectivity index (χ3v) is 5.54. The Balaban J connectivity index is 1.63. The topological polar surface area (TPSA) is 76.5 Å². The zero-order valence-corrected chi connectivity index (χ0v) is 18.6. The van der Waals surface area contributed by atoms with Crippen molar-refractivity contribution < 1.29 is 22.7 Å². The van der Waals surface area contributed by atoms with Crippen LogP contribution in [0.5, 0.6) is 0 Å². The third-order valence-electron chi connectivity index (χ3n) is 5.54. The molecule has 0 radical (unpaired) electrons. The lowest BCUT2D eigenvalue weighted by Gasteiger charge is -2.32. The molecule has 34 heavy (non-hydrogen) atoms. The molecule has 2 aromatic heterocycles. The fourth-order valence-corrected chi connectivity index (χ4v) is 3.79. The summed E-state index contributed by atoms with van der Waals surface area (Å²) in [6.07, 6.45) is -1.91. The minimum absolute atomic E-state index is 0.0464. The number of hydrogen-bond donors (Lipinski definition) is 1. The smallest absolute Gasteiger partial charge is 0.264 e. The number of anilines is 2. The first-order valence-electron chi connectivity index (χ1n) is 10.7. The van der Waals surface area contributed by atoms with Gasteiger partial charge in [0.15, 0.2) is 0 Å². The molecule has 0 saturated carbocycles. The SMILES string of the molecule is C[C@H]1CN(c2cccc(-c3cc(NC(=O)c4cn(C)c(=O)cc4C(F)F)ccc3F)n2)CCO1. The van der Waals surface area contributed by atoms with E-state index in [0.717, 1.165) is 16.8 Å². The number of rotatable bonds is 5. The molecule has 7 nitrogen and oxygen atoms in total. The predicted molar refractivity (Wildman–Crippen MR) is 122 cm³/mol. The van der Waals surface area contributed by atoms with E-state index in [-0.39, 0.29) is 22.9 Å². The molecule has 1 fully saturated rings. The van der Waals surface area contributed by atoms with Crippen LogP contribution in [-0.2, 0) is 11.8 Å². The van der Waals surface area contributed by atoms with Crippen molar-refractivity contribution in [2.75, 3.05) is 29.9 Å². The van der Waals surface area contributed by atoms with Crippen LogP contribution in [0.4, 0.5) is 24.7 Å². The Morgan fingerprint density at radius 3 is 2.76 bits per heavy atom. The first-order chi connectivity index (χ1) is 16.2. The second kappa shape index (κ2) is 9.68. The number of aryl methyl sites for hydroxylation is 1. The van der Waals surface area contributed by atoms with Crippen LogP contribution in [0.15, 0.2) is 53.5 Å². The standard InChI is InChI=1S/C24H23F3N4O3/c1-14-12-31(8-9-34-14)21-5-3-4-20(29-21)17-10-15(6-7-19(17)25)28-24(33)18-13-30(2)22(32)11-16(18)23(26)27/h3-7,10-11,13-14,23H,8-9,12H2,1-2H3,(H,28,33)/t14-/m0/s1. The summed E-state index contributed by atoms with van der Waals surface area (Å²) in [6.45, 7) is 3.84. The molecule has 4 rings (SSSR count). The van der Waals surface area contributed by atoms with E-state index in [0.29, 0.717) is 31.2 Å². The van der Waals surface area contributed by atoms with Gasteiger partial charge in [0.05, 0.1) is 24.0 Å². The van der Waals surface area contributed by atoms with Gasteiger partial charge in [0, 0.05) is 49.2 Å². The molecule has 1 N–H and O–H groups in total. The number of aromatic nitrogens is 2. The van der Waals surface area contributed by atoms with E-state index in [4.69, 9.17) is 4.74 Å². The molecular formula is C24H23F3N4O3. The summed E-state index contributed by atoms with van der Waals surface area (Å²) in [5.74, 6) is -0.714. The molecule has 0 aliphatic carbocycles. The van der Waals surface area contributed by atoms with Gasteiger partial charge in [-0.15, -0.1) is 0 Å². The second-order valence-electron chi connectivity index (χ2n) is 8.05. The Morgan fingerprint density at radius 2 is 2.03 bits per heavy atom. The molecule has 10 heteroatoms. The van der Waals surface area contributed by atoms with E-state index in [9.17, 15) is 22.8 Å². The molecule has 178 valence electrons. The summed E-state index contributed by atoms with van der Waals surface area (Å²) in [4.78, 5) is 31.1. The largest absolute Gasteiger partial charge is 0.375 e. The fraction of sp³-hybridized carbons (Fsp3) is 0.292. The number of alkyl halides is 2. The zero-order chi connectivity index (χ0) is 24.4.